The molecule has 3 rings (SSSR count). The van der Waals surface area contributed by atoms with Gasteiger partial charge in [-0.3, -0.25) is 4.79 Å². The van der Waals surface area contributed by atoms with Crippen LogP contribution in [-0.2, 0) is 6.18 Å². The first-order chi connectivity index (χ1) is 12.3. The minimum absolute atomic E-state index is 0.169. The number of anilines is 1. The third-order valence-corrected chi connectivity index (χ3v) is 4.62. The van der Waals surface area contributed by atoms with Crippen molar-refractivity contribution >= 4 is 34.9 Å². The Labute approximate surface area is 155 Å². The number of aryl methyl sites for hydroxylation is 1. The number of nitrogens with zero attached hydrogens (tertiary/aromatic N) is 3. The minimum Gasteiger partial charge on any atom is -0.306 e. The summed E-state index contributed by atoms with van der Waals surface area (Å²) < 4.78 is 42.3. The van der Waals surface area contributed by atoms with Crippen LogP contribution in [0.4, 0.5) is 19.0 Å². The summed E-state index contributed by atoms with van der Waals surface area (Å²) in [6.45, 7) is 1.66. The molecule has 0 atom stereocenters. The van der Waals surface area contributed by atoms with E-state index in [1.54, 1.807) is 6.92 Å². The summed E-state index contributed by atoms with van der Waals surface area (Å²) in [6.07, 6.45) is -3.13. The summed E-state index contributed by atoms with van der Waals surface area (Å²) in [7, 11) is 0. The number of rotatable bonds is 3. The van der Waals surface area contributed by atoms with Crippen molar-refractivity contribution in [2.24, 2.45) is 0 Å². The zero-order valence-electron chi connectivity index (χ0n) is 13.1. The summed E-state index contributed by atoms with van der Waals surface area (Å²) in [4.78, 5) is 16.5. The molecule has 2 heterocycles. The standard InChI is InChI=1S/C16H10ClF3N4OS/c1-8-14(26-24-23-8)15(25)22-13-5-2-9(7-21-13)11-6-10(16(18,19)20)3-4-12(11)17/h2-7H,1H3,(H,21,22,25). The van der Waals surface area contributed by atoms with Gasteiger partial charge in [-0.1, -0.05) is 16.1 Å². The number of carbonyl (C=O) groups is 1. The van der Waals surface area contributed by atoms with Crippen LogP contribution in [0.2, 0.25) is 5.02 Å². The fourth-order valence-electron chi connectivity index (χ4n) is 2.16. The van der Waals surface area contributed by atoms with E-state index >= 15 is 0 Å². The summed E-state index contributed by atoms with van der Waals surface area (Å²) in [5.41, 5.74) is 0.298. The number of amides is 1. The number of aromatic nitrogens is 3. The zero-order valence-corrected chi connectivity index (χ0v) is 14.7. The van der Waals surface area contributed by atoms with Gasteiger partial charge in [0.15, 0.2) is 0 Å². The van der Waals surface area contributed by atoms with E-state index < -0.39 is 17.6 Å². The summed E-state index contributed by atoms with van der Waals surface area (Å²) in [5.74, 6) is -0.163. The maximum absolute atomic E-state index is 12.9. The Bertz CT molecular complexity index is 957. The first-order valence-corrected chi connectivity index (χ1v) is 8.34. The molecule has 134 valence electrons. The molecule has 0 aliphatic heterocycles. The van der Waals surface area contributed by atoms with Crippen LogP contribution in [0.5, 0.6) is 0 Å². The highest BCUT2D eigenvalue weighted by molar-refractivity contribution is 7.08. The van der Waals surface area contributed by atoms with E-state index in [9.17, 15) is 18.0 Å². The van der Waals surface area contributed by atoms with Gasteiger partial charge < -0.3 is 5.32 Å². The molecular formula is C16H10ClF3N4OS. The van der Waals surface area contributed by atoms with Crippen molar-refractivity contribution < 1.29 is 18.0 Å². The molecule has 3 aromatic rings. The van der Waals surface area contributed by atoms with Gasteiger partial charge >= 0.3 is 6.18 Å². The molecule has 1 aromatic carbocycles. The van der Waals surface area contributed by atoms with Gasteiger partial charge in [-0.2, -0.15) is 13.2 Å². The summed E-state index contributed by atoms with van der Waals surface area (Å²) >= 11 is 6.97. The maximum atomic E-state index is 12.9. The number of carbonyl (C=O) groups excluding carboxylic acids is 1. The third kappa shape index (κ3) is 3.83. The number of alkyl halides is 3. The van der Waals surface area contributed by atoms with Crippen LogP contribution in [0.3, 0.4) is 0 Å². The molecule has 1 N–H and O–H groups in total. The third-order valence-electron chi connectivity index (χ3n) is 3.47. The normalized spacial score (nSPS) is 11.4. The van der Waals surface area contributed by atoms with Gasteiger partial charge in [0, 0.05) is 22.3 Å². The SMILES string of the molecule is Cc1nnsc1C(=O)Nc1ccc(-c2cc(C(F)(F)F)ccc2Cl)cn1. The molecule has 1 amide bonds. The molecule has 0 radical (unpaired) electrons. The van der Waals surface area contributed by atoms with Crippen LogP contribution in [0, 0.1) is 6.92 Å². The van der Waals surface area contributed by atoms with E-state index in [0.29, 0.717) is 16.1 Å². The number of pyridine rings is 1. The van der Waals surface area contributed by atoms with Crippen molar-refractivity contribution in [3.8, 4) is 11.1 Å². The lowest BCUT2D eigenvalue weighted by molar-refractivity contribution is -0.137. The fourth-order valence-corrected chi connectivity index (χ4v) is 2.94. The van der Waals surface area contributed by atoms with Crippen LogP contribution < -0.4 is 5.32 Å². The number of halogens is 4. The van der Waals surface area contributed by atoms with Gasteiger partial charge in [0.05, 0.1) is 11.3 Å². The predicted molar refractivity (Wildman–Crippen MR) is 92.3 cm³/mol. The van der Waals surface area contributed by atoms with Gasteiger partial charge in [0.1, 0.15) is 10.7 Å². The Morgan fingerprint density at radius 1 is 1.23 bits per heavy atom. The average molecular weight is 399 g/mol. The van der Waals surface area contributed by atoms with Gasteiger partial charge in [0.25, 0.3) is 5.91 Å². The lowest BCUT2D eigenvalue weighted by Crippen LogP contribution is -2.12. The molecule has 10 heteroatoms. The number of nitrogens with one attached hydrogen (secondary N) is 1. The molecule has 0 aliphatic rings. The van der Waals surface area contributed by atoms with Crippen molar-refractivity contribution in [3.05, 3.63) is 57.7 Å². The van der Waals surface area contributed by atoms with E-state index in [4.69, 9.17) is 11.6 Å². The lowest BCUT2D eigenvalue weighted by atomic mass is 10.0. The Balaban J connectivity index is 1.84. The predicted octanol–water partition coefficient (Wildman–Crippen LogP) is 4.83. The largest absolute Gasteiger partial charge is 0.416 e. The quantitative estimate of drug-likeness (QED) is 0.686. The average Bonchev–Trinajstić information content (AvgIpc) is 3.01. The Morgan fingerprint density at radius 3 is 2.58 bits per heavy atom. The van der Waals surface area contributed by atoms with E-state index in [0.717, 1.165) is 23.7 Å². The smallest absolute Gasteiger partial charge is 0.306 e. The van der Waals surface area contributed by atoms with Gasteiger partial charge in [-0.25, -0.2) is 4.98 Å². The van der Waals surface area contributed by atoms with E-state index in [1.165, 1.54) is 24.4 Å². The molecule has 0 saturated heterocycles. The highest BCUT2D eigenvalue weighted by atomic mass is 35.5. The number of benzene rings is 1. The van der Waals surface area contributed by atoms with Gasteiger partial charge in [-0.15, -0.1) is 5.10 Å². The molecule has 0 bridgehead atoms. The Kier molecular flexibility index (Phi) is 4.92. The zero-order chi connectivity index (χ0) is 18.9. The summed E-state index contributed by atoms with van der Waals surface area (Å²) in [5, 5.41) is 6.50. The van der Waals surface area contributed by atoms with Crippen LogP contribution in [0.25, 0.3) is 11.1 Å². The molecule has 0 unspecified atom stereocenters. The highest BCUT2D eigenvalue weighted by Crippen LogP contribution is 2.35. The van der Waals surface area contributed by atoms with Crippen LogP contribution in [0.15, 0.2) is 36.5 Å². The van der Waals surface area contributed by atoms with Crippen molar-refractivity contribution in [1.82, 2.24) is 14.6 Å². The Hall–Kier alpha value is -2.52. The first kappa shape index (κ1) is 18.3. The topological polar surface area (TPSA) is 67.8 Å². The second-order valence-corrected chi connectivity index (χ2v) is 6.43. The molecule has 26 heavy (non-hydrogen) atoms. The van der Waals surface area contributed by atoms with E-state index in [2.05, 4.69) is 19.9 Å². The van der Waals surface area contributed by atoms with Crippen molar-refractivity contribution in [3.63, 3.8) is 0 Å². The van der Waals surface area contributed by atoms with Gasteiger partial charge in [-0.05, 0) is 48.8 Å². The highest BCUT2D eigenvalue weighted by Gasteiger charge is 2.31. The molecule has 5 nitrogen and oxygen atoms in total. The monoisotopic (exact) mass is 398 g/mol. The molecule has 0 saturated carbocycles. The van der Waals surface area contributed by atoms with Crippen molar-refractivity contribution in [2.75, 3.05) is 5.32 Å². The lowest BCUT2D eigenvalue weighted by Gasteiger charge is -2.11. The van der Waals surface area contributed by atoms with Crippen molar-refractivity contribution in [2.45, 2.75) is 13.1 Å². The first-order valence-electron chi connectivity index (χ1n) is 7.19. The minimum atomic E-state index is -4.47. The Morgan fingerprint density at radius 2 is 2.00 bits per heavy atom. The van der Waals surface area contributed by atoms with Crippen LogP contribution in [-0.4, -0.2) is 20.5 Å². The molecule has 0 aliphatic carbocycles. The van der Waals surface area contributed by atoms with E-state index in [1.807, 2.05) is 0 Å². The molecule has 2 aromatic heterocycles. The van der Waals surface area contributed by atoms with Gasteiger partial charge in [0.2, 0.25) is 0 Å². The van der Waals surface area contributed by atoms with Crippen molar-refractivity contribution in [1.29, 1.82) is 0 Å². The number of hydrogen-bond donors (Lipinski definition) is 1. The molecule has 0 fully saturated rings. The molecule has 0 spiro atoms. The fraction of sp³-hybridized carbons (Fsp3) is 0.125. The second kappa shape index (κ2) is 7.00. The summed E-state index contributed by atoms with van der Waals surface area (Å²) in [6, 6.07) is 6.08. The maximum Gasteiger partial charge on any atom is 0.416 e. The van der Waals surface area contributed by atoms with Crippen LogP contribution >= 0.6 is 23.1 Å². The van der Waals surface area contributed by atoms with Crippen LogP contribution in [0.1, 0.15) is 20.9 Å². The number of hydrogen-bond acceptors (Lipinski definition) is 5. The molecular weight excluding hydrogens is 389 g/mol. The second-order valence-electron chi connectivity index (χ2n) is 5.27. The van der Waals surface area contributed by atoms with E-state index in [-0.39, 0.29) is 16.4 Å².